The van der Waals surface area contributed by atoms with Crippen LogP contribution in [0.1, 0.15) is 30.0 Å². The van der Waals surface area contributed by atoms with Gasteiger partial charge < -0.3 is 10.2 Å². The van der Waals surface area contributed by atoms with Gasteiger partial charge in [0.15, 0.2) is 0 Å². The molecule has 5 nitrogen and oxygen atoms in total. The second-order valence-electron chi connectivity index (χ2n) is 6.25. The van der Waals surface area contributed by atoms with Crippen molar-refractivity contribution in [1.82, 2.24) is 15.0 Å². The molecular formula is C16H16F3N5. The number of hydrogen-bond acceptors (Lipinski definition) is 5. The maximum Gasteiger partial charge on any atom is 0.416 e. The van der Waals surface area contributed by atoms with Crippen LogP contribution in [0.3, 0.4) is 0 Å². The number of nitrogens with zero attached hydrogens (tertiary/aromatic N) is 4. The van der Waals surface area contributed by atoms with Gasteiger partial charge in [0.1, 0.15) is 18.0 Å². The molecule has 24 heavy (non-hydrogen) atoms. The molecule has 0 spiro atoms. The number of hydrogen-bond donors (Lipinski definition) is 1. The zero-order chi connectivity index (χ0) is 16.7. The van der Waals surface area contributed by atoms with E-state index in [0.29, 0.717) is 24.8 Å². The van der Waals surface area contributed by atoms with E-state index < -0.39 is 11.7 Å². The summed E-state index contributed by atoms with van der Waals surface area (Å²) in [6, 6.07) is 4.18. The molecule has 2 aliphatic rings. The fourth-order valence-corrected chi connectivity index (χ4v) is 2.79. The van der Waals surface area contributed by atoms with Crippen LogP contribution < -0.4 is 10.2 Å². The van der Waals surface area contributed by atoms with E-state index in [1.807, 2.05) is 11.0 Å². The summed E-state index contributed by atoms with van der Waals surface area (Å²) < 4.78 is 38.3. The van der Waals surface area contributed by atoms with E-state index in [9.17, 15) is 13.2 Å². The smallest absolute Gasteiger partial charge is 0.364 e. The molecule has 1 saturated heterocycles. The number of pyridine rings is 1. The van der Waals surface area contributed by atoms with Gasteiger partial charge in [-0.1, -0.05) is 0 Å². The minimum absolute atomic E-state index is 0.142. The quantitative estimate of drug-likeness (QED) is 0.931. The molecule has 1 saturated carbocycles. The van der Waals surface area contributed by atoms with Crippen LogP contribution in [0.15, 0.2) is 30.7 Å². The number of anilines is 2. The Balaban J connectivity index is 1.37. The third-order valence-electron chi connectivity index (χ3n) is 4.31. The van der Waals surface area contributed by atoms with Gasteiger partial charge >= 0.3 is 6.18 Å². The predicted molar refractivity (Wildman–Crippen MR) is 82.9 cm³/mol. The van der Waals surface area contributed by atoms with Crippen LogP contribution >= 0.6 is 0 Å². The summed E-state index contributed by atoms with van der Waals surface area (Å²) in [7, 11) is 0. The van der Waals surface area contributed by atoms with Gasteiger partial charge in [0, 0.05) is 37.0 Å². The van der Waals surface area contributed by atoms with Gasteiger partial charge in [-0.05, 0) is 25.0 Å². The number of rotatable bonds is 4. The lowest BCUT2D eigenvalue weighted by Crippen LogP contribution is -2.55. The molecule has 0 unspecified atom stereocenters. The molecule has 1 aliphatic carbocycles. The van der Waals surface area contributed by atoms with E-state index in [1.165, 1.54) is 19.0 Å². The van der Waals surface area contributed by atoms with E-state index >= 15 is 0 Å². The molecule has 126 valence electrons. The number of nitrogens with one attached hydrogen (secondary N) is 1. The minimum atomic E-state index is -4.35. The molecule has 2 aromatic rings. The Morgan fingerprint density at radius 3 is 2.58 bits per heavy atom. The molecule has 0 radical (unpaired) electrons. The van der Waals surface area contributed by atoms with Gasteiger partial charge in [0.2, 0.25) is 0 Å². The summed E-state index contributed by atoms with van der Waals surface area (Å²) in [5.41, 5.74) is 0.386. The van der Waals surface area contributed by atoms with Gasteiger partial charge in [-0.15, -0.1) is 0 Å². The Morgan fingerprint density at radius 1 is 1.08 bits per heavy atom. The molecule has 3 heterocycles. The Bertz CT molecular complexity index is 738. The molecule has 1 aliphatic heterocycles. The maximum absolute atomic E-state index is 12.8. The van der Waals surface area contributed by atoms with Crippen molar-refractivity contribution in [3.63, 3.8) is 0 Å². The van der Waals surface area contributed by atoms with E-state index in [2.05, 4.69) is 20.3 Å². The summed E-state index contributed by atoms with van der Waals surface area (Å²) in [6.45, 7) is 1.19. The van der Waals surface area contributed by atoms with E-state index in [0.717, 1.165) is 23.6 Å². The average Bonchev–Trinajstić information content (AvgIpc) is 3.35. The van der Waals surface area contributed by atoms with Gasteiger partial charge in [-0.25, -0.2) is 15.0 Å². The zero-order valence-electron chi connectivity index (χ0n) is 12.8. The number of aromatic nitrogens is 3. The molecule has 0 aromatic carbocycles. The maximum atomic E-state index is 12.8. The van der Waals surface area contributed by atoms with Crippen LogP contribution in [0.5, 0.6) is 0 Å². The van der Waals surface area contributed by atoms with Crippen LogP contribution in [-0.2, 0) is 6.18 Å². The van der Waals surface area contributed by atoms with Crippen LogP contribution in [0, 0.1) is 0 Å². The van der Waals surface area contributed by atoms with Crippen molar-refractivity contribution in [3.05, 3.63) is 42.0 Å². The third kappa shape index (κ3) is 3.13. The lowest BCUT2D eigenvalue weighted by molar-refractivity contribution is -0.137. The molecule has 0 bridgehead atoms. The highest BCUT2D eigenvalue weighted by Gasteiger charge is 2.33. The molecule has 0 amide bonds. The highest BCUT2D eigenvalue weighted by atomic mass is 19.4. The highest BCUT2D eigenvalue weighted by molar-refractivity contribution is 5.48. The molecular weight excluding hydrogens is 319 g/mol. The van der Waals surface area contributed by atoms with Crippen LogP contribution in [0.4, 0.5) is 24.8 Å². The second kappa shape index (κ2) is 5.61. The molecule has 0 atom stereocenters. The van der Waals surface area contributed by atoms with Crippen molar-refractivity contribution in [2.24, 2.45) is 0 Å². The summed E-state index contributed by atoms with van der Waals surface area (Å²) >= 11 is 0. The standard InChI is InChI=1S/C16H16F3N5/c17-16(18,19)11-3-4-20-15(5-11)24-7-12(8-24)23-14-6-13(10-1-2-10)21-9-22-14/h3-6,9-10,12H,1-2,7-8H2,(H,21,22,23). The SMILES string of the molecule is FC(F)(F)c1ccnc(N2CC(Nc3cc(C4CC4)ncn3)C2)c1. The Labute approximate surface area is 136 Å². The van der Waals surface area contributed by atoms with Crippen molar-refractivity contribution in [2.75, 3.05) is 23.3 Å². The predicted octanol–water partition coefficient (Wildman–Crippen LogP) is 3.07. The van der Waals surface area contributed by atoms with Gasteiger partial charge in [-0.3, -0.25) is 0 Å². The zero-order valence-corrected chi connectivity index (χ0v) is 12.8. The number of alkyl halides is 3. The van der Waals surface area contributed by atoms with Gasteiger partial charge in [-0.2, -0.15) is 13.2 Å². The fraction of sp³-hybridized carbons (Fsp3) is 0.438. The normalized spacial score (nSPS) is 18.4. The topological polar surface area (TPSA) is 53.9 Å². The van der Waals surface area contributed by atoms with Crippen molar-refractivity contribution in [2.45, 2.75) is 31.0 Å². The Morgan fingerprint density at radius 2 is 1.88 bits per heavy atom. The fourth-order valence-electron chi connectivity index (χ4n) is 2.79. The molecule has 2 fully saturated rings. The Hall–Kier alpha value is -2.38. The first-order chi connectivity index (χ1) is 11.5. The first kappa shape index (κ1) is 15.2. The highest BCUT2D eigenvalue weighted by Crippen LogP contribution is 2.39. The average molecular weight is 335 g/mol. The lowest BCUT2D eigenvalue weighted by atomic mass is 10.1. The second-order valence-corrected chi connectivity index (χ2v) is 6.25. The summed E-state index contributed by atoms with van der Waals surface area (Å²) in [5.74, 6) is 1.68. The third-order valence-corrected chi connectivity index (χ3v) is 4.31. The summed E-state index contributed by atoms with van der Waals surface area (Å²) in [5, 5.41) is 3.30. The van der Waals surface area contributed by atoms with E-state index in [1.54, 1.807) is 6.33 Å². The van der Waals surface area contributed by atoms with Crippen LogP contribution in [0.25, 0.3) is 0 Å². The summed E-state index contributed by atoms with van der Waals surface area (Å²) in [4.78, 5) is 14.3. The molecule has 2 aromatic heterocycles. The largest absolute Gasteiger partial charge is 0.416 e. The van der Waals surface area contributed by atoms with Crippen molar-refractivity contribution in [3.8, 4) is 0 Å². The monoisotopic (exact) mass is 335 g/mol. The van der Waals surface area contributed by atoms with Crippen LogP contribution in [0.2, 0.25) is 0 Å². The van der Waals surface area contributed by atoms with Crippen LogP contribution in [-0.4, -0.2) is 34.1 Å². The van der Waals surface area contributed by atoms with E-state index in [-0.39, 0.29) is 6.04 Å². The molecule has 8 heteroatoms. The number of halogens is 3. The van der Waals surface area contributed by atoms with Gasteiger partial charge in [0.05, 0.1) is 11.6 Å². The molecule has 4 rings (SSSR count). The minimum Gasteiger partial charge on any atom is -0.364 e. The van der Waals surface area contributed by atoms with Crippen molar-refractivity contribution >= 4 is 11.6 Å². The Kier molecular flexibility index (Phi) is 3.54. The first-order valence-electron chi connectivity index (χ1n) is 7.86. The lowest BCUT2D eigenvalue weighted by Gasteiger charge is -2.40. The van der Waals surface area contributed by atoms with E-state index in [4.69, 9.17) is 0 Å². The first-order valence-corrected chi connectivity index (χ1v) is 7.86. The van der Waals surface area contributed by atoms with Crippen molar-refractivity contribution < 1.29 is 13.2 Å². The van der Waals surface area contributed by atoms with Gasteiger partial charge in [0.25, 0.3) is 0 Å². The van der Waals surface area contributed by atoms with Crippen molar-refractivity contribution in [1.29, 1.82) is 0 Å². The summed E-state index contributed by atoms with van der Waals surface area (Å²) in [6.07, 6.45) is 0.760. The molecule has 1 N–H and O–H groups in total.